The predicted octanol–water partition coefficient (Wildman–Crippen LogP) is 3.46. The zero-order valence-corrected chi connectivity index (χ0v) is 14.8. The average molecular weight is 397 g/mol. The zero-order chi connectivity index (χ0) is 19.8. The summed E-state index contributed by atoms with van der Waals surface area (Å²) in [6.07, 6.45) is 2.72. The summed E-state index contributed by atoms with van der Waals surface area (Å²) in [6, 6.07) is 5.79. The number of carbonyl (C=O) groups excluding carboxylic acids is 2. The van der Waals surface area contributed by atoms with Crippen molar-refractivity contribution in [3.63, 3.8) is 0 Å². The lowest BCUT2D eigenvalue weighted by Gasteiger charge is -2.22. The summed E-state index contributed by atoms with van der Waals surface area (Å²) in [5.41, 5.74) is -5.14. The zero-order valence-electron chi connectivity index (χ0n) is 13.9. The van der Waals surface area contributed by atoms with E-state index in [9.17, 15) is 27.9 Å². The molecule has 0 spiro atoms. The maximum Gasteiger partial charge on any atom is 0.446 e. The third-order valence-corrected chi connectivity index (χ3v) is 4.76. The molecule has 1 aromatic carbocycles. The molecule has 1 fully saturated rings. The Balaban J connectivity index is 1.82. The minimum atomic E-state index is -4.42. The minimum Gasteiger partial charge on any atom is -0.506 e. The molecule has 0 radical (unpaired) electrons. The number of alkyl halides is 3. The van der Waals surface area contributed by atoms with E-state index in [4.69, 9.17) is 0 Å². The summed E-state index contributed by atoms with van der Waals surface area (Å²) >= 11 is -0.281. The van der Waals surface area contributed by atoms with E-state index in [1.807, 2.05) is 0 Å². The molecule has 10 heteroatoms. The van der Waals surface area contributed by atoms with Crippen molar-refractivity contribution >= 4 is 29.4 Å². The van der Waals surface area contributed by atoms with Crippen molar-refractivity contribution in [3.8, 4) is 5.75 Å². The van der Waals surface area contributed by atoms with Crippen LogP contribution in [0.1, 0.15) is 12.5 Å². The van der Waals surface area contributed by atoms with Crippen LogP contribution in [-0.4, -0.2) is 33.1 Å². The second-order valence-electron chi connectivity index (χ2n) is 6.13. The SMILES string of the molecule is C[C@]1(Cc2ccncc2O)NC(=O)N(c2ccc(SC(F)(F)F)cc2)C1=O. The number of carbonyl (C=O) groups is 2. The molecule has 1 saturated heterocycles. The van der Waals surface area contributed by atoms with E-state index in [0.717, 1.165) is 4.90 Å². The van der Waals surface area contributed by atoms with E-state index in [2.05, 4.69) is 10.3 Å². The van der Waals surface area contributed by atoms with E-state index in [0.29, 0.717) is 5.56 Å². The lowest BCUT2D eigenvalue weighted by molar-refractivity contribution is -0.121. The van der Waals surface area contributed by atoms with Gasteiger partial charge in [-0.2, -0.15) is 13.2 Å². The van der Waals surface area contributed by atoms with Gasteiger partial charge in [-0.15, -0.1) is 0 Å². The van der Waals surface area contributed by atoms with Crippen LogP contribution in [0.15, 0.2) is 47.6 Å². The van der Waals surface area contributed by atoms with Gasteiger partial charge in [0, 0.05) is 17.5 Å². The summed E-state index contributed by atoms with van der Waals surface area (Å²) in [4.78, 5) is 29.7. The van der Waals surface area contributed by atoms with Gasteiger partial charge in [0.2, 0.25) is 0 Å². The number of thioether (sulfide) groups is 1. The lowest BCUT2D eigenvalue weighted by Crippen LogP contribution is -2.46. The van der Waals surface area contributed by atoms with Crippen LogP contribution in [-0.2, 0) is 11.2 Å². The maximum atomic E-state index is 12.8. The number of benzene rings is 1. The van der Waals surface area contributed by atoms with E-state index in [-0.39, 0.29) is 34.5 Å². The van der Waals surface area contributed by atoms with Crippen LogP contribution in [0.25, 0.3) is 0 Å². The number of halogens is 3. The monoisotopic (exact) mass is 397 g/mol. The molecule has 142 valence electrons. The number of pyridine rings is 1. The molecule has 3 amide bonds. The fourth-order valence-corrected chi connectivity index (χ4v) is 3.32. The lowest BCUT2D eigenvalue weighted by atomic mass is 9.93. The van der Waals surface area contributed by atoms with Gasteiger partial charge < -0.3 is 10.4 Å². The number of hydrogen-bond donors (Lipinski definition) is 2. The van der Waals surface area contributed by atoms with Gasteiger partial charge in [0.25, 0.3) is 5.91 Å². The minimum absolute atomic E-state index is 0.0322. The topological polar surface area (TPSA) is 82.5 Å². The summed E-state index contributed by atoms with van der Waals surface area (Å²) in [7, 11) is 0. The number of aromatic nitrogens is 1. The number of aromatic hydroxyl groups is 1. The van der Waals surface area contributed by atoms with Gasteiger partial charge in [0.1, 0.15) is 11.3 Å². The number of anilines is 1. The van der Waals surface area contributed by atoms with Gasteiger partial charge in [-0.3, -0.25) is 9.78 Å². The van der Waals surface area contributed by atoms with Crippen LogP contribution in [0.2, 0.25) is 0 Å². The Hall–Kier alpha value is -2.75. The molecular weight excluding hydrogens is 383 g/mol. The van der Waals surface area contributed by atoms with Crippen molar-refractivity contribution in [1.82, 2.24) is 10.3 Å². The second-order valence-corrected chi connectivity index (χ2v) is 7.26. The molecule has 27 heavy (non-hydrogen) atoms. The van der Waals surface area contributed by atoms with Crippen molar-refractivity contribution in [2.45, 2.75) is 29.3 Å². The van der Waals surface area contributed by atoms with Gasteiger partial charge in [0.05, 0.1) is 11.9 Å². The third-order valence-electron chi connectivity index (χ3n) is 4.02. The summed E-state index contributed by atoms with van der Waals surface area (Å²) in [5.74, 6) is -0.673. The Morgan fingerprint density at radius 1 is 1.22 bits per heavy atom. The van der Waals surface area contributed by atoms with E-state index in [1.165, 1.54) is 49.6 Å². The number of nitrogens with zero attached hydrogens (tertiary/aromatic N) is 2. The predicted molar refractivity (Wildman–Crippen MR) is 92.4 cm³/mol. The number of urea groups is 1. The highest BCUT2D eigenvalue weighted by Gasteiger charge is 2.48. The first kappa shape index (κ1) is 19.0. The fraction of sp³-hybridized carbons (Fsp3) is 0.235. The molecular formula is C17H14F3N3O3S. The molecule has 0 aliphatic carbocycles. The van der Waals surface area contributed by atoms with Gasteiger partial charge in [-0.1, -0.05) is 0 Å². The molecule has 2 aromatic rings. The highest BCUT2D eigenvalue weighted by atomic mass is 32.2. The van der Waals surface area contributed by atoms with Crippen molar-refractivity contribution in [2.24, 2.45) is 0 Å². The molecule has 0 unspecified atom stereocenters. The first-order valence-corrected chi connectivity index (χ1v) is 8.55. The molecule has 1 aromatic heterocycles. The van der Waals surface area contributed by atoms with Crippen molar-refractivity contribution < 1.29 is 27.9 Å². The first-order chi connectivity index (χ1) is 12.6. The molecule has 6 nitrogen and oxygen atoms in total. The van der Waals surface area contributed by atoms with Gasteiger partial charge >= 0.3 is 11.5 Å². The molecule has 3 rings (SSSR count). The first-order valence-electron chi connectivity index (χ1n) is 7.73. The summed E-state index contributed by atoms with van der Waals surface area (Å²) < 4.78 is 37.3. The van der Waals surface area contributed by atoms with Crippen molar-refractivity contribution in [1.29, 1.82) is 0 Å². The van der Waals surface area contributed by atoms with Gasteiger partial charge in [-0.05, 0) is 54.6 Å². The Bertz CT molecular complexity index is 889. The molecule has 1 aliphatic heterocycles. The van der Waals surface area contributed by atoms with Crippen LogP contribution < -0.4 is 10.2 Å². The molecule has 2 heterocycles. The number of imide groups is 1. The van der Waals surface area contributed by atoms with E-state index in [1.54, 1.807) is 0 Å². The van der Waals surface area contributed by atoms with E-state index >= 15 is 0 Å². The van der Waals surface area contributed by atoms with Crippen molar-refractivity contribution in [2.75, 3.05) is 4.90 Å². The van der Waals surface area contributed by atoms with Crippen LogP contribution in [0.4, 0.5) is 23.7 Å². The Labute approximate surface area is 156 Å². The molecule has 0 bridgehead atoms. The average Bonchev–Trinajstić information content (AvgIpc) is 2.78. The molecule has 1 aliphatic rings. The largest absolute Gasteiger partial charge is 0.506 e. The van der Waals surface area contributed by atoms with Gasteiger partial charge in [-0.25, -0.2) is 9.69 Å². The van der Waals surface area contributed by atoms with E-state index < -0.39 is 23.0 Å². The maximum absolute atomic E-state index is 12.8. The Morgan fingerprint density at radius 2 is 1.89 bits per heavy atom. The van der Waals surface area contributed by atoms with Crippen LogP contribution >= 0.6 is 11.8 Å². The quantitative estimate of drug-likeness (QED) is 0.610. The smallest absolute Gasteiger partial charge is 0.446 e. The third kappa shape index (κ3) is 4.00. The van der Waals surface area contributed by atoms with Crippen LogP contribution in [0.5, 0.6) is 5.75 Å². The number of rotatable bonds is 4. The van der Waals surface area contributed by atoms with Crippen LogP contribution in [0.3, 0.4) is 0 Å². The normalized spacial score (nSPS) is 20.1. The number of nitrogens with one attached hydrogen (secondary N) is 1. The fourth-order valence-electron chi connectivity index (χ4n) is 2.78. The Morgan fingerprint density at radius 3 is 2.48 bits per heavy atom. The molecule has 1 atom stereocenters. The number of hydrogen-bond acceptors (Lipinski definition) is 5. The Kier molecular flexibility index (Phi) is 4.77. The highest BCUT2D eigenvalue weighted by Crippen LogP contribution is 2.38. The van der Waals surface area contributed by atoms with Gasteiger partial charge in [0.15, 0.2) is 0 Å². The van der Waals surface area contributed by atoms with Crippen molar-refractivity contribution in [3.05, 3.63) is 48.3 Å². The summed E-state index contributed by atoms with van der Waals surface area (Å²) in [6.45, 7) is 1.51. The standard InChI is InChI=1S/C17H14F3N3O3S/c1-16(8-10-6-7-21-9-13(10)24)14(25)23(15(26)22-16)11-2-4-12(5-3-11)27-17(18,19)20/h2-7,9,24H,8H2,1H3,(H,22,26)/t16-/m1/s1. The highest BCUT2D eigenvalue weighted by molar-refractivity contribution is 8.00. The molecule has 0 saturated carbocycles. The summed E-state index contributed by atoms with van der Waals surface area (Å²) in [5, 5.41) is 12.4. The van der Waals surface area contributed by atoms with Crippen LogP contribution in [0, 0.1) is 0 Å². The second kappa shape index (κ2) is 6.76. The number of amides is 3. The molecule has 2 N–H and O–H groups in total.